The largest absolute Gasteiger partial charge is 0.506 e. The predicted octanol–water partition coefficient (Wildman–Crippen LogP) is 4.49. The molecule has 1 amide bonds. The third kappa shape index (κ3) is 4.26. The zero-order valence-corrected chi connectivity index (χ0v) is 17.5. The van der Waals surface area contributed by atoms with E-state index < -0.39 is 5.97 Å². The molecule has 6 nitrogen and oxygen atoms in total. The van der Waals surface area contributed by atoms with Crippen LogP contribution in [0.3, 0.4) is 0 Å². The third-order valence-corrected chi connectivity index (χ3v) is 5.98. The van der Waals surface area contributed by atoms with Crippen molar-refractivity contribution in [3.8, 4) is 5.75 Å². The number of carbonyl (C=O) groups excluding carboxylic acids is 2. The Morgan fingerprint density at radius 1 is 1.10 bits per heavy atom. The van der Waals surface area contributed by atoms with E-state index in [0.29, 0.717) is 27.2 Å². The highest BCUT2D eigenvalue weighted by molar-refractivity contribution is 7.24. The number of rotatable bonds is 7. The van der Waals surface area contributed by atoms with Crippen LogP contribution in [-0.4, -0.2) is 42.1 Å². The molecule has 0 aliphatic rings. The molecule has 0 unspecified atom stereocenters. The van der Waals surface area contributed by atoms with E-state index in [2.05, 4.69) is 24.1 Å². The lowest BCUT2D eigenvalue weighted by Gasteiger charge is -2.18. The van der Waals surface area contributed by atoms with Crippen molar-refractivity contribution in [3.63, 3.8) is 0 Å². The van der Waals surface area contributed by atoms with Crippen LogP contribution in [-0.2, 0) is 11.3 Å². The fourth-order valence-electron chi connectivity index (χ4n) is 3.16. The first-order valence-corrected chi connectivity index (χ1v) is 10.3. The van der Waals surface area contributed by atoms with Crippen LogP contribution in [0.2, 0.25) is 0 Å². The van der Waals surface area contributed by atoms with Crippen LogP contribution in [0, 0.1) is 0 Å². The molecule has 152 valence electrons. The summed E-state index contributed by atoms with van der Waals surface area (Å²) in [5, 5.41) is 14.6. The summed E-state index contributed by atoms with van der Waals surface area (Å²) in [7, 11) is 1.29. The van der Waals surface area contributed by atoms with E-state index >= 15 is 0 Å². The van der Waals surface area contributed by atoms with Gasteiger partial charge in [-0.05, 0) is 25.2 Å². The average Bonchev–Trinajstić information content (AvgIpc) is 3.12. The maximum absolute atomic E-state index is 12.6. The standard InChI is InChI=1S/C22H24N2O4S/c1-4-24(5-2)13-15-11-12-16-17(22(27)28-3)21(29-19(16)18(15)25)23-20(26)14-9-7-6-8-10-14/h6-12,25H,4-5,13H2,1-3H3,(H,23,26). The molecular formula is C22H24N2O4S. The summed E-state index contributed by atoms with van der Waals surface area (Å²) in [6, 6.07) is 12.4. The zero-order chi connectivity index (χ0) is 21.0. The Labute approximate surface area is 173 Å². The Bertz CT molecular complexity index is 1030. The van der Waals surface area contributed by atoms with Crippen molar-refractivity contribution in [2.24, 2.45) is 0 Å². The molecule has 7 heteroatoms. The average molecular weight is 413 g/mol. The van der Waals surface area contributed by atoms with Crippen LogP contribution in [0.25, 0.3) is 10.1 Å². The Balaban J connectivity index is 2.05. The number of hydrogen-bond donors (Lipinski definition) is 2. The number of anilines is 1. The second-order valence-electron chi connectivity index (χ2n) is 6.53. The summed E-state index contributed by atoms with van der Waals surface area (Å²) in [5.74, 6) is -0.759. The number of fused-ring (bicyclic) bond motifs is 1. The van der Waals surface area contributed by atoms with Gasteiger partial charge in [-0.2, -0.15) is 0 Å². The van der Waals surface area contributed by atoms with Gasteiger partial charge in [0.25, 0.3) is 5.91 Å². The van der Waals surface area contributed by atoms with E-state index in [1.165, 1.54) is 18.4 Å². The van der Waals surface area contributed by atoms with Crippen molar-refractivity contribution in [1.29, 1.82) is 0 Å². The van der Waals surface area contributed by atoms with Gasteiger partial charge in [-0.1, -0.05) is 44.2 Å². The second kappa shape index (κ2) is 9.07. The monoisotopic (exact) mass is 412 g/mol. The van der Waals surface area contributed by atoms with Gasteiger partial charge in [0.15, 0.2) is 0 Å². The van der Waals surface area contributed by atoms with Gasteiger partial charge in [-0.3, -0.25) is 9.69 Å². The molecule has 3 rings (SSSR count). The van der Waals surface area contributed by atoms with Gasteiger partial charge < -0.3 is 15.2 Å². The summed E-state index contributed by atoms with van der Waals surface area (Å²) in [6.45, 7) is 6.47. The molecule has 1 aromatic heterocycles. The van der Waals surface area contributed by atoms with Gasteiger partial charge in [0.2, 0.25) is 0 Å². The highest BCUT2D eigenvalue weighted by Crippen LogP contribution is 2.42. The Kier molecular flexibility index (Phi) is 6.51. The Hall–Kier alpha value is -2.90. The lowest BCUT2D eigenvalue weighted by atomic mass is 10.1. The highest BCUT2D eigenvalue weighted by atomic mass is 32.1. The highest BCUT2D eigenvalue weighted by Gasteiger charge is 2.24. The van der Waals surface area contributed by atoms with Gasteiger partial charge >= 0.3 is 5.97 Å². The number of aromatic hydroxyl groups is 1. The summed E-state index contributed by atoms with van der Waals surface area (Å²) < 4.78 is 5.48. The zero-order valence-electron chi connectivity index (χ0n) is 16.7. The summed E-state index contributed by atoms with van der Waals surface area (Å²) in [6.07, 6.45) is 0. The number of ether oxygens (including phenoxy) is 1. The summed E-state index contributed by atoms with van der Waals surface area (Å²) in [5.41, 5.74) is 1.51. The molecule has 0 spiro atoms. The third-order valence-electron chi connectivity index (χ3n) is 4.86. The van der Waals surface area contributed by atoms with E-state index in [0.717, 1.165) is 18.7 Å². The molecule has 0 saturated heterocycles. The van der Waals surface area contributed by atoms with Gasteiger partial charge in [0, 0.05) is 23.1 Å². The molecule has 29 heavy (non-hydrogen) atoms. The molecule has 0 fully saturated rings. The number of phenolic OH excluding ortho intramolecular Hbond substituents is 1. The van der Waals surface area contributed by atoms with Crippen LogP contribution < -0.4 is 5.32 Å². The lowest BCUT2D eigenvalue weighted by molar-refractivity contribution is 0.0604. The van der Waals surface area contributed by atoms with Crippen LogP contribution in [0.15, 0.2) is 42.5 Å². The van der Waals surface area contributed by atoms with Crippen LogP contribution in [0.5, 0.6) is 5.75 Å². The number of esters is 1. The number of thiophene rings is 1. The van der Waals surface area contributed by atoms with Crippen LogP contribution >= 0.6 is 11.3 Å². The number of nitrogens with zero attached hydrogens (tertiary/aromatic N) is 1. The second-order valence-corrected chi connectivity index (χ2v) is 7.55. The number of methoxy groups -OCH3 is 1. The molecule has 0 atom stereocenters. The van der Waals surface area contributed by atoms with Crippen molar-refractivity contribution in [3.05, 3.63) is 59.2 Å². The molecular weight excluding hydrogens is 388 g/mol. The first-order chi connectivity index (χ1) is 14.0. The quantitative estimate of drug-likeness (QED) is 0.559. The van der Waals surface area contributed by atoms with Crippen molar-refractivity contribution in [1.82, 2.24) is 4.90 Å². The van der Waals surface area contributed by atoms with Crippen molar-refractivity contribution >= 4 is 38.3 Å². The first kappa shape index (κ1) is 20.8. The summed E-state index contributed by atoms with van der Waals surface area (Å²) >= 11 is 1.17. The van der Waals surface area contributed by atoms with Gasteiger partial charge in [0.05, 0.1) is 11.8 Å². The molecule has 0 bridgehead atoms. The summed E-state index contributed by atoms with van der Waals surface area (Å²) in [4.78, 5) is 27.2. The minimum absolute atomic E-state index is 0.129. The van der Waals surface area contributed by atoms with E-state index in [1.807, 2.05) is 12.1 Å². The van der Waals surface area contributed by atoms with E-state index in [1.54, 1.807) is 30.3 Å². The lowest BCUT2D eigenvalue weighted by Crippen LogP contribution is -2.22. The van der Waals surface area contributed by atoms with E-state index in [-0.39, 0.29) is 17.2 Å². The molecule has 0 radical (unpaired) electrons. The number of nitrogens with one attached hydrogen (secondary N) is 1. The van der Waals surface area contributed by atoms with Crippen molar-refractivity contribution in [2.75, 3.05) is 25.5 Å². The van der Waals surface area contributed by atoms with E-state index in [9.17, 15) is 14.7 Å². The predicted molar refractivity (Wildman–Crippen MR) is 116 cm³/mol. The number of phenols is 1. The number of hydrogen-bond acceptors (Lipinski definition) is 6. The smallest absolute Gasteiger partial charge is 0.341 e. The molecule has 2 N–H and O–H groups in total. The van der Waals surface area contributed by atoms with Gasteiger partial charge in [0.1, 0.15) is 16.3 Å². The molecule has 0 aliphatic heterocycles. The maximum Gasteiger partial charge on any atom is 0.341 e. The molecule has 1 heterocycles. The minimum atomic E-state index is -0.560. The van der Waals surface area contributed by atoms with Gasteiger partial charge in [-0.15, -0.1) is 11.3 Å². The fraction of sp³-hybridized carbons (Fsp3) is 0.273. The number of benzene rings is 2. The fourth-order valence-corrected chi connectivity index (χ4v) is 4.31. The minimum Gasteiger partial charge on any atom is -0.506 e. The number of amides is 1. The Morgan fingerprint density at radius 2 is 1.79 bits per heavy atom. The van der Waals surface area contributed by atoms with Crippen molar-refractivity contribution in [2.45, 2.75) is 20.4 Å². The van der Waals surface area contributed by atoms with Crippen molar-refractivity contribution < 1.29 is 19.4 Å². The van der Waals surface area contributed by atoms with Crippen LogP contribution in [0.4, 0.5) is 5.00 Å². The normalized spacial score (nSPS) is 11.0. The Morgan fingerprint density at radius 3 is 2.41 bits per heavy atom. The molecule has 2 aromatic carbocycles. The van der Waals surface area contributed by atoms with Gasteiger partial charge in [-0.25, -0.2) is 4.79 Å². The van der Waals surface area contributed by atoms with Crippen LogP contribution in [0.1, 0.15) is 40.1 Å². The maximum atomic E-state index is 12.6. The SMILES string of the molecule is CCN(CC)Cc1ccc2c(C(=O)OC)c(NC(=O)c3ccccc3)sc2c1O. The number of carbonyl (C=O) groups is 2. The van der Waals surface area contributed by atoms with E-state index in [4.69, 9.17) is 4.74 Å². The molecule has 0 aliphatic carbocycles. The first-order valence-electron chi connectivity index (χ1n) is 9.44. The topological polar surface area (TPSA) is 78.9 Å². The molecule has 0 saturated carbocycles. The molecule has 3 aromatic rings.